The van der Waals surface area contributed by atoms with Crippen molar-refractivity contribution in [2.45, 2.75) is 37.6 Å². The van der Waals surface area contributed by atoms with Gasteiger partial charge in [-0.1, -0.05) is 0 Å². The van der Waals surface area contributed by atoms with Gasteiger partial charge in [0.1, 0.15) is 35.9 Å². The van der Waals surface area contributed by atoms with Crippen molar-refractivity contribution >= 4 is 5.78 Å². The third-order valence-electron chi connectivity index (χ3n) is 3.40. The summed E-state index contributed by atoms with van der Waals surface area (Å²) in [6.07, 6.45) is -7.11. The number of aromatic hydroxyl groups is 1. The van der Waals surface area contributed by atoms with Gasteiger partial charge in [0, 0.05) is 11.6 Å². The highest BCUT2D eigenvalue weighted by atomic mass is 16.7. The van der Waals surface area contributed by atoms with Gasteiger partial charge >= 0.3 is 0 Å². The highest BCUT2D eigenvalue weighted by Gasteiger charge is 2.44. The van der Waals surface area contributed by atoms with E-state index in [1.54, 1.807) is 0 Å². The molecule has 8 heteroatoms. The molecule has 0 saturated carbocycles. The van der Waals surface area contributed by atoms with E-state index >= 15 is 0 Å². The van der Waals surface area contributed by atoms with Crippen molar-refractivity contribution in [3.8, 4) is 11.5 Å². The summed E-state index contributed by atoms with van der Waals surface area (Å²) in [5.74, 6) is -0.476. The number of rotatable bonds is 4. The van der Waals surface area contributed by atoms with Crippen molar-refractivity contribution < 1.29 is 39.8 Å². The van der Waals surface area contributed by atoms with Gasteiger partial charge in [-0.05, 0) is 19.1 Å². The molecule has 1 fully saturated rings. The minimum atomic E-state index is -1.57. The summed E-state index contributed by atoms with van der Waals surface area (Å²) < 4.78 is 10.5. The first-order valence-corrected chi connectivity index (χ1v) is 6.65. The molecule has 5 N–H and O–H groups in total. The van der Waals surface area contributed by atoms with Gasteiger partial charge in [0.2, 0.25) is 6.29 Å². The van der Waals surface area contributed by atoms with Gasteiger partial charge in [-0.3, -0.25) is 4.79 Å². The lowest BCUT2D eigenvalue weighted by Crippen LogP contribution is -2.60. The van der Waals surface area contributed by atoms with Crippen LogP contribution in [0.3, 0.4) is 0 Å². The summed E-state index contributed by atoms with van der Waals surface area (Å²) in [6, 6.07) is 3.79. The molecule has 1 heterocycles. The van der Waals surface area contributed by atoms with E-state index in [0.717, 1.165) is 0 Å². The smallest absolute Gasteiger partial charge is 0.229 e. The molecule has 2 rings (SSSR count). The van der Waals surface area contributed by atoms with E-state index in [0.29, 0.717) is 0 Å². The summed E-state index contributed by atoms with van der Waals surface area (Å²) >= 11 is 0. The Balaban J connectivity index is 2.20. The second kappa shape index (κ2) is 6.59. The maximum atomic E-state index is 11.3. The Hall–Kier alpha value is -1.71. The third kappa shape index (κ3) is 3.37. The summed E-state index contributed by atoms with van der Waals surface area (Å²) in [5, 5.41) is 47.9. The van der Waals surface area contributed by atoms with E-state index in [1.807, 2.05) is 0 Å². The quantitative estimate of drug-likeness (QED) is 0.436. The van der Waals surface area contributed by atoms with Crippen LogP contribution < -0.4 is 4.74 Å². The van der Waals surface area contributed by atoms with Crippen LogP contribution in [0, 0.1) is 0 Å². The van der Waals surface area contributed by atoms with Gasteiger partial charge in [0.15, 0.2) is 5.78 Å². The molecule has 122 valence electrons. The van der Waals surface area contributed by atoms with Crippen LogP contribution in [0.25, 0.3) is 0 Å². The maximum absolute atomic E-state index is 11.3. The van der Waals surface area contributed by atoms with Gasteiger partial charge in [0.05, 0.1) is 6.61 Å². The standard InChI is InChI=1S/C14H18O8/c1-6(16)7-2-8(17)4-9(3-7)21-14-13(20)12(19)11(18)10(5-15)22-14/h2-4,10-15,17-20H,5H2,1H3/t10-,11-,12+,13-,14+/m1/s1. The Morgan fingerprint density at radius 1 is 1.18 bits per heavy atom. The second-order valence-electron chi connectivity index (χ2n) is 5.09. The van der Waals surface area contributed by atoms with Crippen molar-refractivity contribution in [3.05, 3.63) is 23.8 Å². The number of carbonyl (C=O) groups excluding carboxylic acids is 1. The van der Waals surface area contributed by atoms with E-state index in [-0.39, 0.29) is 22.8 Å². The zero-order chi connectivity index (χ0) is 16.4. The van der Waals surface area contributed by atoms with E-state index in [2.05, 4.69) is 0 Å². The molecule has 8 nitrogen and oxygen atoms in total. The Kier molecular flexibility index (Phi) is 4.99. The van der Waals surface area contributed by atoms with Crippen molar-refractivity contribution in [1.29, 1.82) is 0 Å². The summed E-state index contributed by atoms with van der Waals surface area (Å²) in [6.45, 7) is 0.732. The molecule has 0 amide bonds. The first-order valence-electron chi connectivity index (χ1n) is 6.65. The molecule has 0 aromatic heterocycles. The second-order valence-corrected chi connectivity index (χ2v) is 5.09. The minimum absolute atomic E-state index is 0.0366. The number of ketones is 1. The first-order chi connectivity index (χ1) is 10.3. The molecule has 1 aliphatic rings. The Labute approximate surface area is 126 Å². The number of ether oxygens (including phenoxy) is 2. The number of aliphatic hydroxyl groups excluding tert-OH is 4. The number of phenols is 1. The van der Waals surface area contributed by atoms with Crippen molar-refractivity contribution in [1.82, 2.24) is 0 Å². The molecule has 0 spiro atoms. The summed E-state index contributed by atoms with van der Waals surface area (Å²) in [5.41, 5.74) is 0.194. The van der Waals surface area contributed by atoms with Crippen molar-refractivity contribution in [2.24, 2.45) is 0 Å². The van der Waals surface area contributed by atoms with Crippen LogP contribution in [0.1, 0.15) is 17.3 Å². The topological polar surface area (TPSA) is 137 Å². The number of benzene rings is 1. The van der Waals surface area contributed by atoms with Gasteiger partial charge < -0.3 is 35.0 Å². The zero-order valence-electron chi connectivity index (χ0n) is 11.8. The minimum Gasteiger partial charge on any atom is -0.508 e. The molecule has 1 aromatic rings. The molecular weight excluding hydrogens is 296 g/mol. The lowest BCUT2D eigenvalue weighted by Gasteiger charge is -2.39. The lowest BCUT2D eigenvalue weighted by atomic mass is 9.99. The monoisotopic (exact) mass is 314 g/mol. The molecule has 22 heavy (non-hydrogen) atoms. The SMILES string of the molecule is CC(=O)c1cc(O)cc(O[C@H]2O[C@H](CO)[C@@H](O)[C@H](O)[C@H]2O)c1. The summed E-state index contributed by atoms with van der Waals surface area (Å²) in [4.78, 5) is 11.3. The van der Waals surface area contributed by atoms with Crippen LogP contribution in [0.4, 0.5) is 0 Å². The zero-order valence-corrected chi connectivity index (χ0v) is 11.8. The van der Waals surface area contributed by atoms with Crippen LogP contribution in [0.5, 0.6) is 11.5 Å². The fourth-order valence-corrected chi connectivity index (χ4v) is 2.15. The van der Waals surface area contributed by atoms with Gasteiger partial charge in [0.25, 0.3) is 0 Å². The number of phenolic OH excluding ortho intramolecular Hbond substituents is 1. The highest BCUT2D eigenvalue weighted by molar-refractivity contribution is 5.94. The van der Waals surface area contributed by atoms with Gasteiger partial charge in [-0.2, -0.15) is 0 Å². The van der Waals surface area contributed by atoms with Gasteiger partial charge in [-0.15, -0.1) is 0 Å². The molecule has 5 atom stereocenters. The first kappa shape index (κ1) is 16.7. The van der Waals surface area contributed by atoms with Crippen LogP contribution in [0.2, 0.25) is 0 Å². The number of carbonyl (C=O) groups is 1. The molecule has 1 saturated heterocycles. The Morgan fingerprint density at radius 3 is 2.45 bits per heavy atom. The number of aliphatic hydroxyl groups is 4. The normalized spacial score (nSPS) is 31.8. The average Bonchev–Trinajstić information content (AvgIpc) is 2.47. The van der Waals surface area contributed by atoms with Crippen molar-refractivity contribution in [3.63, 3.8) is 0 Å². The average molecular weight is 314 g/mol. The Morgan fingerprint density at radius 2 is 1.86 bits per heavy atom. The molecule has 0 aliphatic carbocycles. The molecular formula is C14H18O8. The van der Waals surface area contributed by atoms with Crippen LogP contribution in [0.15, 0.2) is 18.2 Å². The highest BCUT2D eigenvalue weighted by Crippen LogP contribution is 2.27. The molecule has 0 unspecified atom stereocenters. The van der Waals surface area contributed by atoms with Crippen LogP contribution >= 0.6 is 0 Å². The fourth-order valence-electron chi connectivity index (χ4n) is 2.15. The number of Topliss-reactive ketones (excluding diaryl/α,β-unsaturated/α-hetero) is 1. The molecule has 0 radical (unpaired) electrons. The maximum Gasteiger partial charge on any atom is 0.229 e. The van der Waals surface area contributed by atoms with Crippen molar-refractivity contribution in [2.75, 3.05) is 6.61 Å². The molecule has 1 aromatic carbocycles. The molecule has 0 bridgehead atoms. The third-order valence-corrected chi connectivity index (χ3v) is 3.40. The van der Waals surface area contributed by atoms with E-state index in [4.69, 9.17) is 14.6 Å². The fraction of sp³-hybridized carbons (Fsp3) is 0.500. The molecule has 1 aliphatic heterocycles. The lowest BCUT2D eigenvalue weighted by molar-refractivity contribution is -0.277. The predicted octanol–water partition coefficient (Wildman–Crippen LogP) is -1.23. The van der Waals surface area contributed by atoms with Crippen LogP contribution in [-0.4, -0.2) is 68.6 Å². The van der Waals surface area contributed by atoms with Crippen LogP contribution in [-0.2, 0) is 4.74 Å². The number of hydrogen-bond donors (Lipinski definition) is 5. The van der Waals surface area contributed by atoms with E-state index in [9.17, 15) is 25.2 Å². The largest absolute Gasteiger partial charge is 0.508 e. The Bertz CT molecular complexity index is 544. The van der Waals surface area contributed by atoms with Gasteiger partial charge in [-0.25, -0.2) is 0 Å². The summed E-state index contributed by atoms with van der Waals surface area (Å²) in [7, 11) is 0. The van der Waals surface area contributed by atoms with E-state index < -0.39 is 37.3 Å². The number of hydrogen-bond acceptors (Lipinski definition) is 8. The predicted molar refractivity (Wildman–Crippen MR) is 72.5 cm³/mol. The van der Waals surface area contributed by atoms with E-state index in [1.165, 1.54) is 25.1 Å².